The van der Waals surface area contributed by atoms with Crippen molar-refractivity contribution >= 4 is 0 Å². The van der Waals surface area contributed by atoms with Crippen LogP contribution in [-0.2, 0) is 4.74 Å². The SMILES string of the molecule is CC(C)c1ccc(OCC2CN(C(C)(C)CO)CCO2)cc1. The number of hydrogen-bond acceptors (Lipinski definition) is 4. The highest BCUT2D eigenvalue weighted by molar-refractivity contribution is 5.28. The zero-order chi connectivity index (χ0) is 16.2. The van der Waals surface area contributed by atoms with E-state index in [2.05, 4.69) is 44.7 Å². The average Bonchev–Trinajstić information content (AvgIpc) is 2.53. The fourth-order valence-electron chi connectivity index (χ4n) is 2.61. The van der Waals surface area contributed by atoms with E-state index in [1.807, 2.05) is 12.1 Å². The maximum absolute atomic E-state index is 9.50. The molecule has 22 heavy (non-hydrogen) atoms. The molecule has 0 aromatic heterocycles. The van der Waals surface area contributed by atoms with Gasteiger partial charge in [-0.2, -0.15) is 0 Å². The van der Waals surface area contributed by atoms with Gasteiger partial charge in [0.1, 0.15) is 18.5 Å². The van der Waals surface area contributed by atoms with E-state index in [0.717, 1.165) is 18.8 Å². The van der Waals surface area contributed by atoms with Gasteiger partial charge in [-0.3, -0.25) is 4.90 Å². The van der Waals surface area contributed by atoms with E-state index in [1.165, 1.54) is 5.56 Å². The number of aliphatic hydroxyl groups is 1. The lowest BCUT2D eigenvalue weighted by Gasteiger charge is -2.42. The van der Waals surface area contributed by atoms with Crippen molar-refractivity contribution < 1.29 is 14.6 Å². The molecule has 1 aromatic rings. The van der Waals surface area contributed by atoms with Crippen LogP contribution in [-0.4, -0.2) is 54.6 Å². The quantitative estimate of drug-likeness (QED) is 0.877. The van der Waals surface area contributed by atoms with Crippen LogP contribution in [0.2, 0.25) is 0 Å². The van der Waals surface area contributed by atoms with Crippen LogP contribution in [0.5, 0.6) is 5.75 Å². The first-order valence-electron chi connectivity index (χ1n) is 8.12. The van der Waals surface area contributed by atoms with Crippen LogP contribution in [0.4, 0.5) is 0 Å². The van der Waals surface area contributed by atoms with E-state index in [-0.39, 0.29) is 18.2 Å². The molecule has 1 aromatic carbocycles. The molecule has 1 N–H and O–H groups in total. The molecule has 1 saturated heterocycles. The molecule has 4 nitrogen and oxygen atoms in total. The summed E-state index contributed by atoms with van der Waals surface area (Å²) in [6, 6.07) is 8.27. The minimum atomic E-state index is -0.207. The zero-order valence-electron chi connectivity index (χ0n) is 14.2. The van der Waals surface area contributed by atoms with Gasteiger partial charge >= 0.3 is 0 Å². The maximum Gasteiger partial charge on any atom is 0.119 e. The standard InChI is InChI=1S/C18H29NO3/c1-14(2)15-5-7-16(8-6-15)22-12-17-11-19(9-10-21-17)18(3,4)13-20/h5-8,14,17,20H,9-13H2,1-4H3. The summed E-state index contributed by atoms with van der Waals surface area (Å²) in [4.78, 5) is 2.27. The number of ether oxygens (including phenoxy) is 2. The lowest BCUT2D eigenvalue weighted by atomic mass is 10.0. The van der Waals surface area contributed by atoms with Crippen molar-refractivity contribution in [1.82, 2.24) is 4.90 Å². The number of benzene rings is 1. The number of nitrogens with zero attached hydrogens (tertiary/aromatic N) is 1. The minimum absolute atomic E-state index is 0.0457. The summed E-state index contributed by atoms with van der Waals surface area (Å²) in [7, 11) is 0. The van der Waals surface area contributed by atoms with Gasteiger partial charge in [-0.15, -0.1) is 0 Å². The summed E-state index contributed by atoms with van der Waals surface area (Å²) in [6.07, 6.45) is 0.0457. The molecule has 1 heterocycles. The van der Waals surface area contributed by atoms with E-state index in [0.29, 0.717) is 19.1 Å². The van der Waals surface area contributed by atoms with Crippen molar-refractivity contribution in [3.05, 3.63) is 29.8 Å². The van der Waals surface area contributed by atoms with Crippen molar-refractivity contribution in [3.63, 3.8) is 0 Å². The molecule has 1 unspecified atom stereocenters. The second-order valence-electron chi connectivity index (χ2n) is 6.94. The van der Waals surface area contributed by atoms with Gasteiger partial charge in [-0.25, -0.2) is 0 Å². The van der Waals surface area contributed by atoms with Crippen LogP contribution in [0.1, 0.15) is 39.2 Å². The first-order valence-corrected chi connectivity index (χ1v) is 8.12. The Hall–Kier alpha value is -1.10. The Labute approximate surface area is 134 Å². The third-order valence-corrected chi connectivity index (χ3v) is 4.36. The Kier molecular flexibility index (Phi) is 5.84. The molecule has 4 heteroatoms. The molecule has 0 radical (unpaired) electrons. The molecule has 0 spiro atoms. The molecule has 0 aliphatic carbocycles. The zero-order valence-corrected chi connectivity index (χ0v) is 14.2. The van der Waals surface area contributed by atoms with Gasteiger partial charge in [-0.05, 0) is 37.5 Å². The predicted octanol–water partition coefficient (Wildman–Crippen LogP) is 2.66. The molecule has 0 amide bonds. The highest BCUT2D eigenvalue weighted by Crippen LogP contribution is 2.21. The normalized spacial score (nSPS) is 20.4. The molecule has 1 fully saturated rings. The Bertz CT molecular complexity index is 456. The van der Waals surface area contributed by atoms with E-state index in [9.17, 15) is 5.11 Å². The van der Waals surface area contributed by atoms with Gasteiger partial charge in [0.25, 0.3) is 0 Å². The summed E-state index contributed by atoms with van der Waals surface area (Å²) < 4.78 is 11.6. The van der Waals surface area contributed by atoms with Crippen molar-refractivity contribution in [2.45, 2.75) is 45.3 Å². The van der Waals surface area contributed by atoms with Crippen molar-refractivity contribution in [3.8, 4) is 5.75 Å². The fourth-order valence-corrected chi connectivity index (χ4v) is 2.61. The largest absolute Gasteiger partial charge is 0.491 e. The van der Waals surface area contributed by atoms with Gasteiger partial charge in [0.05, 0.1) is 13.2 Å². The van der Waals surface area contributed by atoms with Gasteiger partial charge < -0.3 is 14.6 Å². The highest BCUT2D eigenvalue weighted by atomic mass is 16.5. The summed E-state index contributed by atoms with van der Waals surface area (Å²) in [5.74, 6) is 1.41. The first kappa shape index (κ1) is 17.3. The molecule has 1 aliphatic rings. The van der Waals surface area contributed by atoms with Crippen molar-refractivity contribution in [2.75, 3.05) is 32.9 Å². The van der Waals surface area contributed by atoms with E-state index >= 15 is 0 Å². The topological polar surface area (TPSA) is 41.9 Å². The third kappa shape index (κ3) is 4.45. The molecule has 0 bridgehead atoms. The summed E-state index contributed by atoms with van der Waals surface area (Å²) in [5, 5.41) is 9.50. The van der Waals surface area contributed by atoms with E-state index < -0.39 is 0 Å². The molecule has 1 atom stereocenters. The molecule has 2 rings (SSSR count). The Balaban J connectivity index is 1.86. The average molecular weight is 307 g/mol. The van der Waals surface area contributed by atoms with E-state index in [4.69, 9.17) is 9.47 Å². The predicted molar refractivity (Wildman–Crippen MR) is 88.5 cm³/mol. The second-order valence-corrected chi connectivity index (χ2v) is 6.94. The van der Waals surface area contributed by atoms with Gasteiger partial charge in [0.2, 0.25) is 0 Å². The molecule has 1 aliphatic heterocycles. The molecule has 124 valence electrons. The van der Waals surface area contributed by atoms with Crippen LogP contribution < -0.4 is 4.74 Å². The Morgan fingerprint density at radius 1 is 1.32 bits per heavy atom. The molecular weight excluding hydrogens is 278 g/mol. The monoisotopic (exact) mass is 307 g/mol. The molecular formula is C18H29NO3. The van der Waals surface area contributed by atoms with Crippen LogP contribution in [0.3, 0.4) is 0 Å². The third-order valence-electron chi connectivity index (χ3n) is 4.36. The Morgan fingerprint density at radius 3 is 2.59 bits per heavy atom. The second kappa shape index (κ2) is 7.44. The van der Waals surface area contributed by atoms with Crippen molar-refractivity contribution in [2.24, 2.45) is 0 Å². The van der Waals surface area contributed by atoms with Crippen LogP contribution in [0, 0.1) is 0 Å². The minimum Gasteiger partial charge on any atom is -0.491 e. The summed E-state index contributed by atoms with van der Waals surface area (Å²) in [5.41, 5.74) is 1.11. The van der Waals surface area contributed by atoms with Gasteiger partial charge in [-0.1, -0.05) is 26.0 Å². The van der Waals surface area contributed by atoms with E-state index in [1.54, 1.807) is 0 Å². The van der Waals surface area contributed by atoms with Gasteiger partial charge in [0, 0.05) is 18.6 Å². The number of aliphatic hydroxyl groups excluding tert-OH is 1. The number of morpholine rings is 1. The van der Waals surface area contributed by atoms with Crippen LogP contribution in [0.15, 0.2) is 24.3 Å². The van der Waals surface area contributed by atoms with Gasteiger partial charge in [0.15, 0.2) is 0 Å². The van der Waals surface area contributed by atoms with Crippen LogP contribution >= 0.6 is 0 Å². The highest BCUT2D eigenvalue weighted by Gasteiger charge is 2.31. The van der Waals surface area contributed by atoms with Crippen molar-refractivity contribution in [1.29, 1.82) is 0 Å². The first-order chi connectivity index (χ1) is 10.4. The number of hydrogen-bond donors (Lipinski definition) is 1. The smallest absolute Gasteiger partial charge is 0.119 e. The Morgan fingerprint density at radius 2 is 2.00 bits per heavy atom. The lowest BCUT2D eigenvalue weighted by molar-refractivity contribution is -0.0854. The fraction of sp³-hybridized carbons (Fsp3) is 0.667. The summed E-state index contributed by atoms with van der Waals surface area (Å²) >= 11 is 0. The maximum atomic E-state index is 9.50. The lowest BCUT2D eigenvalue weighted by Crippen LogP contribution is -2.55. The summed E-state index contributed by atoms with van der Waals surface area (Å²) in [6.45, 7) is 11.5. The number of rotatable bonds is 6. The molecule has 0 saturated carbocycles. The van der Waals surface area contributed by atoms with Crippen LogP contribution in [0.25, 0.3) is 0 Å².